The van der Waals surface area contributed by atoms with E-state index in [4.69, 9.17) is 14.6 Å². The van der Waals surface area contributed by atoms with Crippen molar-refractivity contribution in [2.45, 2.75) is 81.5 Å². The normalized spacial score (nSPS) is 14.9. The first-order valence-electron chi connectivity index (χ1n) is 12.9. The van der Waals surface area contributed by atoms with E-state index in [1.165, 1.54) is 38.1 Å². The Labute approximate surface area is 247 Å². The molecular weight excluding hydrogens is 655 g/mol. The van der Waals surface area contributed by atoms with Crippen LogP contribution < -0.4 is 10.1 Å². The van der Waals surface area contributed by atoms with Crippen molar-refractivity contribution in [1.29, 1.82) is 0 Å². The summed E-state index contributed by atoms with van der Waals surface area (Å²) in [6, 6.07) is 2.66. The number of hydrogen-bond donors (Lipinski definition) is 2. The van der Waals surface area contributed by atoms with Crippen LogP contribution in [0.1, 0.15) is 32.8 Å². The van der Waals surface area contributed by atoms with Crippen molar-refractivity contribution in [2.75, 3.05) is 26.3 Å². The van der Waals surface area contributed by atoms with Gasteiger partial charge >= 0.3 is 47.8 Å². The molecule has 0 aromatic heterocycles. The van der Waals surface area contributed by atoms with Gasteiger partial charge in [-0.2, -0.15) is 57.1 Å². The summed E-state index contributed by atoms with van der Waals surface area (Å²) >= 11 is 0. The second-order valence-corrected chi connectivity index (χ2v) is 9.66. The molecule has 0 saturated carbocycles. The first-order valence-corrected chi connectivity index (χ1v) is 12.9. The molecule has 45 heavy (non-hydrogen) atoms. The fourth-order valence-corrected chi connectivity index (χ4v) is 3.43. The minimum Gasteiger partial charge on any atom is -0.492 e. The molecule has 0 bridgehead atoms. The van der Waals surface area contributed by atoms with Crippen molar-refractivity contribution in [3.05, 3.63) is 29.8 Å². The van der Waals surface area contributed by atoms with Crippen molar-refractivity contribution in [1.82, 2.24) is 10.2 Å². The van der Waals surface area contributed by atoms with E-state index in [1.54, 1.807) is 6.92 Å². The van der Waals surface area contributed by atoms with E-state index in [1.807, 2.05) is 5.32 Å². The molecule has 260 valence electrons. The van der Waals surface area contributed by atoms with Crippen LogP contribution in [0.3, 0.4) is 0 Å². The number of ether oxygens (including phenoxy) is 2. The van der Waals surface area contributed by atoms with Gasteiger partial charge in [0.05, 0.1) is 13.1 Å². The minimum atomic E-state index is -8.06. The number of alkyl halides is 13. The summed E-state index contributed by atoms with van der Waals surface area (Å²) < 4.78 is 186. The molecule has 1 rings (SSSR count). The van der Waals surface area contributed by atoms with Crippen LogP contribution in [0.5, 0.6) is 5.75 Å². The monoisotopic (exact) mass is 684 g/mol. The predicted octanol–water partition coefficient (Wildman–Crippen LogP) is 6.65. The largest absolute Gasteiger partial charge is 0.492 e. The van der Waals surface area contributed by atoms with Crippen molar-refractivity contribution in [2.24, 2.45) is 0 Å². The van der Waals surface area contributed by atoms with Crippen molar-refractivity contribution < 1.29 is 81.2 Å². The summed E-state index contributed by atoms with van der Waals surface area (Å²) in [5, 5.41) is 11.1. The van der Waals surface area contributed by atoms with Gasteiger partial charge in [-0.1, -0.05) is 19.1 Å². The molecule has 0 saturated heterocycles. The van der Waals surface area contributed by atoms with E-state index in [0.717, 1.165) is 0 Å². The number of hydrogen-bond acceptors (Lipinski definition) is 4. The number of aliphatic carboxylic acids is 1. The first kappa shape index (κ1) is 39.8. The van der Waals surface area contributed by atoms with Gasteiger partial charge in [0.15, 0.2) is 6.10 Å². The lowest BCUT2D eigenvalue weighted by atomic mass is 9.93. The molecule has 0 fully saturated rings. The average Bonchev–Trinajstić information content (AvgIpc) is 2.91. The number of nitrogens with one attached hydrogen (secondary N) is 1. The Hall–Kier alpha value is -3.19. The molecule has 20 heteroatoms. The van der Waals surface area contributed by atoms with Crippen molar-refractivity contribution in [3.8, 4) is 5.75 Å². The van der Waals surface area contributed by atoms with Crippen LogP contribution in [0.4, 0.5) is 61.9 Å². The quantitative estimate of drug-likeness (QED) is 0.180. The topological polar surface area (TPSA) is 88.1 Å². The van der Waals surface area contributed by atoms with E-state index >= 15 is 0 Å². The molecule has 0 spiro atoms. The standard InChI is InChI=1S/C25H29F13N2O5/c1-4-14(3)39-19(43)40(10-11-45-16-8-6-15(7-9-16)12-17(18(41)42)44-5-2)13-20(26,27)21(28,29)22(30,31)23(32,33)24(34,35)25(36,37)38/h6-9,14,17H,4-5,10-13H2,1-3H3,(H,39,43)(H,41,42). The van der Waals surface area contributed by atoms with Crippen LogP contribution in [-0.2, 0) is 16.0 Å². The Balaban J connectivity index is 3.22. The van der Waals surface area contributed by atoms with E-state index < -0.39 is 79.6 Å². The Morgan fingerprint density at radius 1 is 0.844 bits per heavy atom. The number of nitrogens with zero attached hydrogens (tertiary/aromatic N) is 1. The number of carboxylic acid groups (broad SMARTS) is 1. The van der Waals surface area contributed by atoms with E-state index in [-0.39, 0.29) is 30.1 Å². The molecule has 1 aromatic carbocycles. The molecule has 7 nitrogen and oxygen atoms in total. The molecule has 0 heterocycles. The second kappa shape index (κ2) is 14.5. The number of urea groups is 1. The second-order valence-electron chi connectivity index (χ2n) is 9.66. The van der Waals surface area contributed by atoms with Gasteiger partial charge in [0, 0.05) is 19.1 Å². The maximum atomic E-state index is 14.5. The van der Waals surface area contributed by atoms with Crippen LogP contribution in [0.15, 0.2) is 24.3 Å². The molecule has 2 unspecified atom stereocenters. The number of carboxylic acids is 1. The zero-order valence-electron chi connectivity index (χ0n) is 23.6. The van der Waals surface area contributed by atoms with E-state index in [0.29, 0.717) is 5.56 Å². The average molecular weight is 684 g/mol. The molecule has 2 amide bonds. The molecular formula is C25H29F13N2O5. The van der Waals surface area contributed by atoms with Crippen molar-refractivity contribution in [3.63, 3.8) is 0 Å². The zero-order chi connectivity index (χ0) is 35.2. The van der Waals surface area contributed by atoms with E-state index in [9.17, 15) is 66.7 Å². The van der Waals surface area contributed by atoms with Crippen LogP contribution in [0.2, 0.25) is 0 Å². The third kappa shape index (κ3) is 8.75. The molecule has 0 aliphatic carbocycles. The maximum Gasteiger partial charge on any atom is 0.460 e. The maximum absolute atomic E-state index is 14.5. The van der Waals surface area contributed by atoms with Crippen LogP contribution in [0, 0.1) is 0 Å². The molecule has 0 radical (unpaired) electrons. The number of amides is 2. The Morgan fingerprint density at radius 3 is 1.80 bits per heavy atom. The fraction of sp³-hybridized carbons (Fsp3) is 0.680. The number of carbonyl (C=O) groups excluding carboxylic acids is 1. The summed E-state index contributed by atoms with van der Waals surface area (Å²) in [6.45, 7) is -0.432. The van der Waals surface area contributed by atoms with Gasteiger partial charge in [-0.15, -0.1) is 0 Å². The lowest BCUT2D eigenvalue weighted by Crippen LogP contribution is -2.71. The van der Waals surface area contributed by atoms with Gasteiger partial charge in [-0.25, -0.2) is 9.59 Å². The molecule has 2 N–H and O–H groups in total. The van der Waals surface area contributed by atoms with Gasteiger partial charge in [0.1, 0.15) is 12.4 Å². The number of halogens is 13. The number of carbonyl (C=O) groups is 2. The fourth-order valence-electron chi connectivity index (χ4n) is 3.43. The third-order valence-corrected chi connectivity index (χ3v) is 6.27. The summed E-state index contributed by atoms with van der Waals surface area (Å²) in [5.41, 5.74) is 0.425. The lowest BCUT2D eigenvalue weighted by Gasteiger charge is -2.40. The van der Waals surface area contributed by atoms with E-state index in [2.05, 4.69) is 0 Å². The Morgan fingerprint density at radius 2 is 1.36 bits per heavy atom. The first-order chi connectivity index (χ1) is 20.3. The highest BCUT2D eigenvalue weighted by Gasteiger charge is 2.90. The predicted molar refractivity (Wildman–Crippen MR) is 129 cm³/mol. The highest BCUT2D eigenvalue weighted by Crippen LogP contribution is 2.60. The SMILES string of the molecule is CCOC(Cc1ccc(OCCN(CC(F)(F)C(F)(F)C(F)(F)C(F)(F)C(F)(F)C(F)(F)F)C(=O)NC(C)CC)cc1)C(=O)O. The highest BCUT2D eigenvalue weighted by molar-refractivity contribution is 5.74. The minimum absolute atomic E-state index is 0.0676. The molecule has 0 aliphatic heterocycles. The van der Waals surface area contributed by atoms with Gasteiger partial charge in [0.25, 0.3) is 0 Å². The Kier molecular flexibility index (Phi) is 12.8. The molecule has 2 atom stereocenters. The molecule has 1 aromatic rings. The lowest BCUT2D eigenvalue weighted by molar-refractivity contribution is -0.439. The zero-order valence-corrected chi connectivity index (χ0v) is 23.6. The van der Waals surface area contributed by atoms with Gasteiger partial charge in [-0.3, -0.25) is 0 Å². The smallest absolute Gasteiger partial charge is 0.460 e. The Bertz CT molecular complexity index is 1130. The van der Waals surface area contributed by atoms with Gasteiger partial charge in [0.2, 0.25) is 0 Å². The van der Waals surface area contributed by atoms with Gasteiger partial charge < -0.3 is 24.8 Å². The summed E-state index contributed by atoms with van der Waals surface area (Å²) in [7, 11) is 0. The summed E-state index contributed by atoms with van der Waals surface area (Å²) in [6.07, 6.45) is -8.72. The third-order valence-electron chi connectivity index (χ3n) is 6.27. The highest BCUT2D eigenvalue weighted by atomic mass is 19.4. The summed E-state index contributed by atoms with van der Waals surface area (Å²) in [5.74, 6) is -39.3. The van der Waals surface area contributed by atoms with Gasteiger partial charge in [-0.05, 0) is 38.0 Å². The van der Waals surface area contributed by atoms with Crippen molar-refractivity contribution >= 4 is 12.0 Å². The summed E-state index contributed by atoms with van der Waals surface area (Å²) in [4.78, 5) is 23.4. The van der Waals surface area contributed by atoms with Crippen LogP contribution in [0.25, 0.3) is 0 Å². The number of benzene rings is 1. The number of rotatable bonds is 17. The van der Waals surface area contributed by atoms with Crippen LogP contribution in [-0.4, -0.2) is 96.2 Å². The van der Waals surface area contributed by atoms with Crippen LogP contribution >= 0.6 is 0 Å². The molecule has 0 aliphatic rings.